The number of rotatable bonds is 7. The van der Waals surface area contributed by atoms with Crippen molar-refractivity contribution < 1.29 is 19.0 Å². The SMILES string of the molecule is COc1cc2ncnc(N3CCC(N(C)C(=O)Nc4ccc(OC(C)C)cc4)C3)c2cc1OC. The van der Waals surface area contributed by atoms with Crippen LogP contribution in [0.2, 0.25) is 0 Å². The number of benzene rings is 2. The maximum atomic E-state index is 12.9. The standard InChI is InChI=1S/C25H31N5O4/c1-16(2)34-19-8-6-17(7-9-19)28-25(31)29(3)18-10-11-30(14-18)24-20-12-22(32-4)23(33-5)13-21(20)26-15-27-24/h6-9,12-13,15-16,18H,10-11,14H2,1-5H3,(H,28,31). The average Bonchev–Trinajstić information content (AvgIpc) is 3.33. The summed E-state index contributed by atoms with van der Waals surface area (Å²) in [5.74, 6) is 2.85. The monoisotopic (exact) mass is 465 g/mol. The van der Waals surface area contributed by atoms with Gasteiger partial charge in [-0.1, -0.05) is 0 Å². The molecule has 9 nitrogen and oxygen atoms in total. The van der Waals surface area contributed by atoms with Crippen molar-refractivity contribution in [3.63, 3.8) is 0 Å². The van der Waals surface area contributed by atoms with Crippen molar-refractivity contribution >= 4 is 28.4 Å². The Morgan fingerprint density at radius 3 is 2.50 bits per heavy atom. The summed E-state index contributed by atoms with van der Waals surface area (Å²) in [6, 6.07) is 11.1. The first-order valence-corrected chi connectivity index (χ1v) is 11.3. The third kappa shape index (κ3) is 4.93. The van der Waals surface area contributed by atoms with Crippen LogP contribution in [0.25, 0.3) is 10.9 Å². The smallest absolute Gasteiger partial charge is 0.321 e. The number of likely N-dealkylation sites (N-methyl/N-ethyl adjacent to an activating group) is 1. The lowest BCUT2D eigenvalue weighted by Gasteiger charge is -2.26. The van der Waals surface area contributed by atoms with E-state index in [1.165, 1.54) is 0 Å². The van der Waals surface area contributed by atoms with Crippen LogP contribution in [-0.4, -0.2) is 67.4 Å². The topological polar surface area (TPSA) is 89.1 Å². The van der Waals surface area contributed by atoms with Crippen molar-refractivity contribution in [3.05, 3.63) is 42.7 Å². The molecule has 1 aliphatic rings. The summed E-state index contributed by atoms with van der Waals surface area (Å²) < 4.78 is 16.5. The molecule has 1 aliphatic heterocycles. The Hall–Kier alpha value is -3.75. The van der Waals surface area contributed by atoms with Gasteiger partial charge >= 0.3 is 6.03 Å². The van der Waals surface area contributed by atoms with Gasteiger partial charge in [0.25, 0.3) is 0 Å². The Balaban J connectivity index is 1.44. The molecule has 2 aromatic carbocycles. The van der Waals surface area contributed by atoms with Crippen LogP contribution in [-0.2, 0) is 0 Å². The van der Waals surface area contributed by atoms with Gasteiger partial charge < -0.3 is 29.3 Å². The third-order valence-corrected chi connectivity index (χ3v) is 5.93. The Labute approximate surface area is 199 Å². The fourth-order valence-corrected chi connectivity index (χ4v) is 4.14. The minimum atomic E-state index is -0.150. The molecule has 9 heteroatoms. The number of aromatic nitrogens is 2. The van der Waals surface area contributed by atoms with E-state index >= 15 is 0 Å². The van der Waals surface area contributed by atoms with Gasteiger partial charge in [0.1, 0.15) is 17.9 Å². The highest BCUT2D eigenvalue weighted by molar-refractivity contribution is 5.92. The van der Waals surface area contributed by atoms with Crippen LogP contribution in [0, 0.1) is 0 Å². The molecule has 0 radical (unpaired) electrons. The summed E-state index contributed by atoms with van der Waals surface area (Å²) in [5, 5.41) is 3.85. The molecule has 1 N–H and O–H groups in total. The number of hydrogen-bond acceptors (Lipinski definition) is 7. The van der Waals surface area contributed by atoms with Crippen molar-refractivity contribution in [2.75, 3.05) is 44.6 Å². The Morgan fingerprint density at radius 1 is 1.12 bits per heavy atom. The normalized spacial score (nSPS) is 15.5. The van der Waals surface area contributed by atoms with E-state index in [0.29, 0.717) is 18.0 Å². The summed E-state index contributed by atoms with van der Waals surface area (Å²) in [6.45, 7) is 5.41. The molecule has 34 heavy (non-hydrogen) atoms. The van der Waals surface area contributed by atoms with E-state index in [9.17, 15) is 4.79 Å². The summed E-state index contributed by atoms with van der Waals surface area (Å²) in [6.07, 6.45) is 2.50. The van der Waals surface area contributed by atoms with E-state index < -0.39 is 0 Å². The summed E-state index contributed by atoms with van der Waals surface area (Å²) in [7, 11) is 5.04. The molecule has 0 saturated carbocycles. The van der Waals surface area contributed by atoms with Gasteiger partial charge in [0, 0.05) is 37.3 Å². The van der Waals surface area contributed by atoms with Crippen molar-refractivity contribution in [3.8, 4) is 17.2 Å². The molecule has 180 valence electrons. The first-order chi connectivity index (χ1) is 16.4. The Kier molecular flexibility index (Phi) is 6.90. The lowest BCUT2D eigenvalue weighted by atomic mass is 10.2. The predicted molar refractivity (Wildman–Crippen MR) is 132 cm³/mol. The van der Waals surface area contributed by atoms with E-state index in [0.717, 1.165) is 41.1 Å². The van der Waals surface area contributed by atoms with E-state index in [2.05, 4.69) is 20.2 Å². The molecule has 0 spiro atoms. The molecule has 4 rings (SSSR count). The third-order valence-electron chi connectivity index (χ3n) is 5.93. The van der Waals surface area contributed by atoms with Crippen LogP contribution in [0.3, 0.4) is 0 Å². The number of ether oxygens (including phenoxy) is 3. The fourth-order valence-electron chi connectivity index (χ4n) is 4.14. The number of urea groups is 1. The molecule has 1 aromatic heterocycles. The maximum absolute atomic E-state index is 12.9. The molecule has 1 saturated heterocycles. The number of carbonyl (C=O) groups is 1. The van der Waals surface area contributed by atoms with Gasteiger partial charge in [-0.25, -0.2) is 14.8 Å². The molecule has 0 bridgehead atoms. The lowest BCUT2D eigenvalue weighted by molar-refractivity contribution is 0.208. The summed E-state index contributed by atoms with van der Waals surface area (Å²) in [4.78, 5) is 25.8. The number of hydrogen-bond donors (Lipinski definition) is 1. The van der Waals surface area contributed by atoms with Gasteiger partial charge in [0.2, 0.25) is 0 Å². The second-order valence-electron chi connectivity index (χ2n) is 8.54. The second kappa shape index (κ2) is 10.0. The van der Waals surface area contributed by atoms with E-state index in [4.69, 9.17) is 14.2 Å². The van der Waals surface area contributed by atoms with Gasteiger partial charge in [-0.2, -0.15) is 0 Å². The van der Waals surface area contributed by atoms with Gasteiger partial charge in [0.05, 0.1) is 31.9 Å². The number of methoxy groups -OCH3 is 2. The first kappa shape index (κ1) is 23.4. The largest absolute Gasteiger partial charge is 0.493 e. The number of nitrogens with zero attached hydrogens (tertiary/aromatic N) is 4. The second-order valence-corrected chi connectivity index (χ2v) is 8.54. The van der Waals surface area contributed by atoms with Gasteiger partial charge in [-0.05, 0) is 50.6 Å². The molecular formula is C25H31N5O4. The van der Waals surface area contributed by atoms with Crippen molar-refractivity contribution in [1.82, 2.24) is 14.9 Å². The first-order valence-electron chi connectivity index (χ1n) is 11.3. The van der Waals surface area contributed by atoms with Crippen LogP contribution in [0.4, 0.5) is 16.3 Å². The molecule has 0 aliphatic carbocycles. The van der Waals surface area contributed by atoms with Gasteiger partial charge in [-0.15, -0.1) is 0 Å². The highest BCUT2D eigenvalue weighted by Crippen LogP contribution is 2.35. The van der Waals surface area contributed by atoms with Crippen LogP contribution in [0.1, 0.15) is 20.3 Å². The van der Waals surface area contributed by atoms with Crippen LogP contribution >= 0.6 is 0 Å². The predicted octanol–water partition coefficient (Wildman–Crippen LogP) is 4.18. The minimum absolute atomic E-state index is 0.0497. The quantitative estimate of drug-likeness (QED) is 0.560. The zero-order valence-corrected chi connectivity index (χ0v) is 20.2. The molecule has 2 amide bonds. The van der Waals surface area contributed by atoms with Crippen LogP contribution < -0.4 is 24.4 Å². The number of anilines is 2. The molecule has 3 aromatic rings. The Morgan fingerprint density at radius 2 is 1.82 bits per heavy atom. The van der Waals surface area contributed by atoms with Gasteiger partial charge in [-0.3, -0.25) is 0 Å². The van der Waals surface area contributed by atoms with Crippen LogP contribution in [0.5, 0.6) is 17.2 Å². The molecule has 1 unspecified atom stereocenters. The van der Waals surface area contributed by atoms with E-state index in [1.54, 1.807) is 25.4 Å². The fraction of sp³-hybridized carbons (Fsp3) is 0.400. The van der Waals surface area contributed by atoms with Crippen molar-refractivity contribution in [2.24, 2.45) is 0 Å². The maximum Gasteiger partial charge on any atom is 0.321 e. The van der Waals surface area contributed by atoms with E-state index in [-0.39, 0.29) is 18.2 Å². The highest BCUT2D eigenvalue weighted by atomic mass is 16.5. The molecule has 2 heterocycles. The minimum Gasteiger partial charge on any atom is -0.493 e. The van der Waals surface area contributed by atoms with Crippen LogP contribution in [0.15, 0.2) is 42.7 Å². The molecule has 1 fully saturated rings. The average molecular weight is 466 g/mol. The van der Waals surface area contributed by atoms with Crippen molar-refractivity contribution in [1.29, 1.82) is 0 Å². The number of amides is 2. The molecule has 1 atom stereocenters. The van der Waals surface area contributed by atoms with E-state index in [1.807, 2.05) is 57.3 Å². The summed E-state index contributed by atoms with van der Waals surface area (Å²) >= 11 is 0. The molecular weight excluding hydrogens is 434 g/mol. The Bertz CT molecular complexity index is 1150. The number of nitrogens with one attached hydrogen (secondary N) is 1. The van der Waals surface area contributed by atoms with Gasteiger partial charge in [0.15, 0.2) is 11.5 Å². The highest BCUT2D eigenvalue weighted by Gasteiger charge is 2.30. The lowest BCUT2D eigenvalue weighted by Crippen LogP contribution is -2.41. The zero-order chi connectivity index (χ0) is 24.2. The number of fused-ring (bicyclic) bond motifs is 1. The van der Waals surface area contributed by atoms with Crippen molar-refractivity contribution in [2.45, 2.75) is 32.4 Å². The zero-order valence-electron chi connectivity index (χ0n) is 20.2. The number of carbonyl (C=O) groups excluding carboxylic acids is 1. The summed E-state index contributed by atoms with van der Waals surface area (Å²) in [5.41, 5.74) is 1.51.